The summed E-state index contributed by atoms with van der Waals surface area (Å²) >= 11 is 5.96. The number of hydrogen-bond donors (Lipinski definition) is 2. The molecule has 0 spiro atoms. The van der Waals surface area contributed by atoms with E-state index >= 15 is 0 Å². The van der Waals surface area contributed by atoms with Crippen LogP contribution in [0.5, 0.6) is 5.75 Å². The van der Waals surface area contributed by atoms with E-state index in [9.17, 15) is 23.1 Å². The molecule has 0 unspecified atom stereocenters. The number of carbonyl (C=O) groups excluding carboxylic acids is 2. The number of aliphatic hydroxyl groups is 1. The molecule has 2 N–H and O–H groups in total. The van der Waals surface area contributed by atoms with Crippen molar-refractivity contribution < 1.29 is 27.9 Å². The van der Waals surface area contributed by atoms with Crippen LogP contribution in [0.25, 0.3) is 0 Å². The molecule has 2 aromatic carbocycles. The molecular weight excluding hydrogens is 566 g/mol. The number of hydrogen-bond acceptors (Lipinski definition) is 6. The molecule has 3 atom stereocenters. The molecule has 4 rings (SSSR count). The number of anilines is 1. The molecule has 0 radical (unpaired) electrons. The highest BCUT2D eigenvalue weighted by atomic mass is 35.5. The second-order valence-corrected chi connectivity index (χ2v) is 13.8. The summed E-state index contributed by atoms with van der Waals surface area (Å²) < 4.78 is 34.4. The maximum absolute atomic E-state index is 13.7. The highest BCUT2D eigenvalue weighted by Gasteiger charge is 2.36. The molecule has 1 heterocycles. The molecule has 1 aliphatic carbocycles. The summed E-state index contributed by atoms with van der Waals surface area (Å²) in [4.78, 5) is 28.4. The second-order valence-electron chi connectivity index (χ2n) is 11.3. The molecule has 2 amide bonds. The first-order chi connectivity index (χ1) is 19.5. The Morgan fingerprint density at radius 1 is 1.17 bits per heavy atom. The van der Waals surface area contributed by atoms with Gasteiger partial charge in [0.15, 0.2) is 5.75 Å². The first-order valence-electron chi connectivity index (χ1n) is 14.2. The van der Waals surface area contributed by atoms with Gasteiger partial charge in [-0.15, -0.1) is 0 Å². The highest BCUT2D eigenvalue weighted by molar-refractivity contribution is 7.89. The lowest BCUT2D eigenvalue weighted by Gasteiger charge is -2.38. The molecule has 0 saturated heterocycles. The van der Waals surface area contributed by atoms with Crippen LogP contribution in [-0.2, 0) is 14.8 Å². The number of aliphatic hydroxyl groups excluding tert-OH is 1. The molecule has 0 bridgehead atoms. The average molecular weight is 606 g/mol. The maximum Gasteiger partial charge on any atom is 0.258 e. The van der Waals surface area contributed by atoms with Crippen molar-refractivity contribution in [1.82, 2.24) is 9.21 Å². The minimum atomic E-state index is -3.86. The lowest BCUT2D eigenvalue weighted by molar-refractivity contribution is -0.117. The molecule has 9 nitrogen and oxygen atoms in total. The predicted octanol–water partition coefficient (Wildman–Crippen LogP) is 4.79. The first kappa shape index (κ1) is 31.3. The van der Waals surface area contributed by atoms with Crippen LogP contribution >= 0.6 is 11.6 Å². The van der Waals surface area contributed by atoms with Crippen molar-refractivity contribution in [2.75, 3.05) is 32.1 Å². The lowest BCUT2D eigenvalue weighted by Crippen LogP contribution is -2.50. The molecule has 41 heavy (non-hydrogen) atoms. The Balaban J connectivity index is 1.65. The minimum Gasteiger partial charge on any atom is -0.486 e. The Bertz CT molecular complexity index is 1330. The largest absolute Gasteiger partial charge is 0.486 e. The first-order valence-corrected chi connectivity index (χ1v) is 16.1. The zero-order chi connectivity index (χ0) is 29.7. The van der Waals surface area contributed by atoms with Gasteiger partial charge in [0.25, 0.3) is 5.91 Å². The number of nitrogens with zero attached hydrogens (tertiary/aromatic N) is 2. The summed E-state index contributed by atoms with van der Waals surface area (Å²) in [5, 5.41) is 13.3. The number of amides is 2. The molecule has 2 aromatic rings. The van der Waals surface area contributed by atoms with Gasteiger partial charge < -0.3 is 20.1 Å². The number of halogens is 1. The van der Waals surface area contributed by atoms with Crippen molar-refractivity contribution in [3.05, 3.63) is 53.1 Å². The normalized spacial score (nSPS) is 21.0. The van der Waals surface area contributed by atoms with Crippen LogP contribution in [0, 0.1) is 11.8 Å². The SMILES string of the molecule is C[C@H](CO)N1C[C@H](C)[C@H](CN(C)S(=O)(=O)c2ccc(Cl)cc2)Oc2c(NC(=O)CC3CCCCC3)cccc2C1=O. The number of carbonyl (C=O) groups is 2. The maximum atomic E-state index is 13.7. The third-order valence-electron chi connectivity index (χ3n) is 8.12. The summed E-state index contributed by atoms with van der Waals surface area (Å²) in [6.07, 6.45) is 5.23. The molecule has 1 saturated carbocycles. The summed E-state index contributed by atoms with van der Waals surface area (Å²) in [5.41, 5.74) is 0.622. The van der Waals surface area contributed by atoms with E-state index in [0.29, 0.717) is 23.0 Å². The van der Waals surface area contributed by atoms with Crippen LogP contribution in [-0.4, -0.2) is 73.4 Å². The number of fused-ring (bicyclic) bond motifs is 1. The Kier molecular flexibility index (Phi) is 10.3. The van der Waals surface area contributed by atoms with E-state index in [2.05, 4.69) is 5.32 Å². The zero-order valence-electron chi connectivity index (χ0n) is 23.9. The number of ether oxygens (including phenoxy) is 1. The van der Waals surface area contributed by atoms with Crippen molar-refractivity contribution in [2.45, 2.75) is 69.4 Å². The van der Waals surface area contributed by atoms with Gasteiger partial charge in [-0.2, -0.15) is 4.31 Å². The summed E-state index contributed by atoms with van der Waals surface area (Å²) in [7, 11) is -2.38. The van der Waals surface area contributed by atoms with Gasteiger partial charge in [0.05, 0.1) is 35.3 Å². The fraction of sp³-hybridized carbons (Fsp3) is 0.533. The Hall–Kier alpha value is -2.66. The van der Waals surface area contributed by atoms with Crippen molar-refractivity contribution in [2.24, 2.45) is 11.8 Å². The number of sulfonamides is 1. The van der Waals surface area contributed by atoms with Crippen LogP contribution in [0.1, 0.15) is 62.7 Å². The van der Waals surface area contributed by atoms with Crippen LogP contribution in [0.2, 0.25) is 5.02 Å². The smallest absolute Gasteiger partial charge is 0.258 e. The molecule has 224 valence electrons. The fourth-order valence-corrected chi connectivity index (χ4v) is 6.86. The Morgan fingerprint density at radius 3 is 2.51 bits per heavy atom. The number of rotatable bonds is 9. The molecule has 1 aliphatic heterocycles. The van der Waals surface area contributed by atoms with Crippen molar-refractivity contribution in [3.8, 4) is 5.75 Å². The van der Waals surface area contributed by atoms with E-state index in [-0.39, 0.29) is 53.6 Å². The monoisotopic (exact) mass is 605 g/mol. The van der Waals surface area contributed by atoms with Gasteiger partial charge in [-0.05, 0) is 62.1 Å². The van der Waals surface area contributed by atoms with Crippen molar-refractivity contribution >= 4 is 39.1 Å². The third-order valence-corrected chi connectivity index (χ3v) is 10.2. The number of nitrogens with one attached hydrogen (secondary N) is 1. The van der Waals surface area contributed by atoms with Crippen LogP contribution in [0.4, 0.5) is 5.69 Å². The van der Waals surface area contributed by atoms with Gasteiger partial charge in [0.1, 0.15) is 6.10 Å². The van der Waals surface area contributed by atoms with Crippen molar-refractivity contribution in [1.29, 1.82) is 0 Å². The van der Waals surface area contributed by atoms with E-state index in [0.717, 1.165) is 25.7 Å². The Labute approximate surface area is 247 Å². The Morgan fingerprint density at radius 2 is 1.85 bits per heavy atom. The highest BCUT2D eigenvalue weighted by Crippen LogP contribution is 2.36. The number of benzene rings is 2. The predicted molar refractivity (Wildman–Crippen MR) is 159 cm³/mol. The number of likely N-dealkylation sites (N-methyl/N-ethyl adjacent to an activating group) is 1. The van der Waals surface area contributed by atoms with Gasteiger partial charge in [-0.3, -0.25) is 9.59 Å². The van der Waals surface area contributed by atoms with Gasteiger partial charge >= 0.3 is 0 Å². The van der Waals surface area contributed by atoms with E-state index in [1.807, 2.05) is 6.92 Å². The molecule has 2 aliphatic rings. The van der Waals surface area contributed by atoms with Crippen LogP contribution < -0.4 is 10.1 Å². The van der Waals surface area contributed by atoms with E-state index in [4.69, 9.17) is 16.3 Å². The van der Waals surface area contributed by atoms with Gasteiger partial charge in [0, 0.05) is 31.0 Å². The van der Waals surface area contributed by atoms with Crippen LogP contribution in [0.15, 0.2) is 47.4 Å². The standard InChI is InChI=1S/C30H40ClN3O6S/c1-20-17-34(21(2)19-35)30(37)25-10-7-11-26(32-28(36)16-22-8-5-4-6-9-22)29(25)40-27(20)18-33(3)41(38,39)24-14-12-23(31)13-15-24/h7,10-15,20-22,27,35H,4-6,8-9,16-19H2,1-3H3,(H,32,36)/t20-,21+,27-/m0/s1. The third kappa shape index (κ3) is 7.41. The van der Waals surface area contributed by atoms with E-state index in [1.165, 1.54) is 42.0 Å². The van der Waals surface area contributed by atoms with Gasteiger partial charge in [0.2, 0.25) is 15.9 Å². The van der Waals surface area contributed by atoms with Crippen LogP contribution in [0.3, 0.4) is 0 Å². The molecule has 0 aromatic heterocycles. The average Bonchev–Trinajstić information content (AvgIpc) is 2.95. The minimum absolute atomic E-state index is 0.00847. The second kappa shape index (κ2) is 13.5. The van der Waals surface area contributed by atoms with Gasteiger partial charge in [-0.25, -0.2) is 8.42 Å². The summed E-state index contributed by atoms with van der Waals surface area (Å²) in [6, 6.07) is 10.5. The topological polar surface area (TPSA) is 116 Å². The molecular formula is C30H40ClN3O6S. The molecule has 1 fully saturated rings. The summed E-state index contributed by atoms with van der Waals surface area (Å²) in [6.45, 7) is 3.65. The lowest BCUT2D eigenvalue weighted by atomic mass is 9.87. The summed E-state index contributed by atoms with van der Waals surface area (Å²) in [5.74, 6) is -0.237. The molecule has 11 heteroatoms. The van der Waals surface area contributed by atoms with Gasteiger partial charge in [-0.1, -0.05) is 43.9 Å². The van der Waals surface area contributed by atoms with Crippen molar-refractivity contribution in [3.63, 3.8) is 0 Å². The zero-order valence-corrected chi connectivity index (χ0v) is 25.5. The number of para-hydroxylation sites is 1. The van der Waals surface area contributed by atoms with E-state index < -0.39 is 22.2 Å². The quantitative estimate of drug-likeness (QED) is 0.425. The fourth-order valence-electron chi connectivity index (χ4n) is 5.55. The van der Waals surface area contributed by atoms with E-state index in [1.54, 1.807) is 30.0 Å².